The zero-order chi connectivity index (χ0) is 18.7. The molecule has 0 spiro atoms. The van der Waals surface area contributed by atoms with E-state index in [1.807, 2.05) is 36.4 Å². The number of aliphatic hydroxyl groups is 1. The Morgan fingerprint density at radius 2 is 1.44 bits per heavy atom. The van der Waals surface area contributed by atoms with Crippen molar-refractivity contribution >= 4 is 27.5 Å². The van der Waals surface area contributed by atoms with E-state index in [1.54, 1.807) is 48.5 Å². The highest BCUT2D eigenvalue weighted by Crippen LogP contribution is 2.32. The van der Waals surface area contributed by atoms with E-state index in [-0.39, 0.29) is 6.61 Å². The van der Waals surface area contributed by atoms with Crippen LogP contribution in [0.4, 0.5) is 0 Å². The Kier molecular flexibility index (Phi) is 4.71. The van der Waals surface area contributed by atoms with Gasteiger partial charge in [-0.2, -0.15) is 0 Å². The summed E-state index contributed by atoms with van der Waals surface area (Å²) >= 11 is 1.47. The van der Waals surface area contributed by atoms with Crippen molar-refractivity contribution in [3.63, 3.8) is 0 Å². The van der Waals surface area contributed by atoms with Gasteiger partial charge in [-0.05, 0) is 23.3 Å². The molecule has 0 saturated carbocycles. The number of benzene rings is 3. The lowest BCUT2D eigenvalue weighted by Crippen LogP contribution is -2.38. The van der Waals surface area contributed by atoms with Gasteiger partial charge in [0, 0.05) is 0 Å². The molecular weight excluding hydrogens is 358 g/mol. The summed E-state index contributed by atoms with van der Waals surface area (Å²) in [6, 6.07) is 25.4. The first-order valence-electron chi connectivity index (χ1n) is 8.53. The summed E-state index contributed by atoms with van der Waals surface area (Å²) in [6.45, 7) is 0.0140. The minimum atomic E-state index is -1.88. The van der Waals surface area contributed by atoms with E-state index in [0.29, 0.717) is 16.1 Å². The fraction of sp³-hybridized carbons (Fsp3) is 0.0909. The van der Waals surface area contributed by atoms with Crippen LogP contribution in [0.1, 0.15) is 16.1 Å². The molecule has 0 bridgehead atoms. The van der Waals surface area contributed by atoms with Crippen LogP contribution in [0.5, 0.6) is 0 Å². The molecule has 0 unspecified atom stereocenters. The second kappa shape index (κ2) is 7.31. The highest BCUT2D eigenvalue weighted by Gasteiger charge is 2.41. The number of esters is 1. The van der Waals surface area contributed by atoms with E-state index >= 15 is 0 Å². The molecule has 0 fully saturated rings. The predicted molar refractivity (Wildman–Crippen MR) is 105 cm³/mol. The van der Waals surface area contributed by atoms with Crippen LogP contribution in [0.2, 0.25) is 0 Å². The second-order valence-corrected chi connectivity index (χ2v) is 7.21. The first kappa shape index (κ1) is 17.4. The normalized spacial score (nSPS) is 11.4. The van der Waals surface area contributed by atoms with Crippen molar-refractivity contribution in [2.45, 2.75) is 12.2 Å². The van der Waals surface area contributed by atoms with E-state index in [4.69, 9.17) is 4.74 Å². The molecule has 1 heterocycles. The standard InChI is InChI=1S/C22H17NO3S/c24-21(26-15-20-23-18-13-7-8-14-19(18)27-20)22(25,16-9-3-1-4-10-16)17-11-5-2-6-12-17/h1-14,25H,15H2. The smallest absolute Gasteiger partial charge is 0.348 e. The summed E-state index contributed by atoms with van der Waals surface area (Å²) in [4.78, 5) is 17.4. The average Bonchev–Trinajstić information content (AvgIpc) is 3.15. The van der Waals surface area contributed by atoms with Crippen molar-refractivity contribution in [1.82, 2.24) is 4.98 Å². The van der Waals surface area contributed by atoms with E-state index in [0.717, 1.165) is 10.2 Å². The maximum atomic E-state index is 13.0. The Balaban J connectivity index is 1.63. The third-order valence-electron chi connectivity index (χ3n) is 4.34. The largest absolute Gasteiger partial charge is 0.456 e. The first-order valence-corrected chi connectivity index (χ1v) is 9.34. The molecule has 0 aliphatic carbocycles. The van der Waals surface area contributed by atoms with Crippen LogP contribution < -0.4 is 0 Å². The minimum absolute atomic E-state index is 0.0140. The molecule has 1 aromatic heterocycles. The van der Waals surface area contributed by atoms with Gasteiger partial charge in [-0.1, -0.05) is 72.8 Å². The quantitative estimate of drug-likeness (QED) is 0.529. The van der Waals surface area contributed by atoms with Crippen LogP contribution in [0.3, 0.4) is 0 Å². The van der Waals surface area contributed by atoms with Gasteiger partial charge in [0.25, 0.3) is 0 Å². The number of carbonyl (C=O) groups excluding carboxylic acids is 1. The van der Waals surface area contributed by atoms with Crippen LogP contribution in [0.25, 0.3) is 10.2 Å². The van der Waals surface area contributed by atoms with Gasteiger partial charge in [0.2, 0.25) is 5.60 Å². The molecule has 0 saturated heterocycles. The predicted octanol–water partition coefficient (Wildman–Crippen LogP) is 4.28. The van der Waals surface area contributed by atoms with E-state index in [9.17, 15) is 9.90 Å². The summed E-state index contributed by atoms with van der Waals surface area (Å²) in [5, 5.41) is 12.0. The minimum Gasteiger partial charge on any atom is -0.456 e. The molecule has 0 radical (unpaired) electrons. The fourth-order valence-corrected chi connectivity index (χ4v) is 3.86. The maximum absolute atomic E-state index is 13.0. The third kappa shape index (κ3) is 3.35. The van der Waals surface area contributed by atoms with Crippen molar-refractivity contribution in [2.24, 2.45) is 0 Å². The summed E-state index contributed by atoms with van der Waals surface area (Å²) < 4.78 is 6.52. The van der Waals surface area contributed by atoms with Crippen LogP contribution in [0.15, 0.2) is 84.9 Å². The zero-order valence-corrected chi connectivity index (χ0v) is 15.2. The first-order chi connectivity index (χ1) is 13.2. The molecule has 4 aromatic rings. The number of nitrogens with zero attached hydrogens (tertiary/aromatic N) is 1. The highest BCUT2D eigenvalue weighted by atomic mass is 32.1. The van der Waals surface area contributed by atoms with Crippen LogP contribution in [0, 0.1) is 0 Å². The molecule has 0 aliphatic heterocycles. The molecule has 5 heteroatoms. The van der Waals surface area contributed by atoms with E-state index in [2.05, 4.69) is 4.98 Å². The van der Waals surface area contributed by atoms with Gasteiger partial charge in [-0.3, -0.25) is 0 Å². The summed E-state index contributed by atoms with van der Waals surface area (Å²) in [6.07, 6.45) is 0. The molecular formula is C22H17NO3S. The van der Waals surface area contributed by atoms with E-state index in [1.165, 1.54) is 11.3 Å². The molecule has 0 amide bonds. The molecule has 0 atom stereocenters. The molecule has 0 aliphatic rings. The van der Waals surface area contributed by atoms with Gasteiger partial charge in [-0.15, -0.1) is 11.3 Å². The zero-order valence-electron chi connectivity index (χ0n) is 14.4. The molecule has 4 rings (SSSR count). The fourth-order valence-electron chi connectivity index (χ4n) is 2.97. The Hall–Kier alpha value is -3.02. The van der Waals surface area contributed by atoms with Gasteiger partial charge >= 0.3 is 5.97 Å². The summed E-state index contributed by atoms with van der Waals surface area (Å²) in [7, 11) is 0. The number of hydrogen-bond donors (Lipinski definition) is 1. The number of rotatable bonds is 5. The number of para-hydroxylation sites is 1. The van der Waals surface area contributed by atoms with Crippen molar-refractivity contribution < 1.29 is 14.6 Å². The van der Waals surface area contributed by atoms with Gasteiger partial charge in [0.05, 0.1) is 10.2 Å². The van der Waals surface area contributed by atoms with Crippen LogP contribution in [-0.4, -0.2) is 16.1 Å². The lowest BCUT2D eigenvalue weighted by atomic mass is 9.86. The molecule has 1 N–H and O–H groups in total. The van der Waals surface area contributed by atoms with Gasteiger partial charge < -0.3 is 9.84 Å². The lowest BCUT2D eigenvalue weighted by molar-refractivity contribution is -0.163. The number of fused-ring (bicyclic) bond motifs is 1. The SMILES string of the molecule is O=C(OCc1nc2ccccc2s1)C(O)(c1ccccc1)c1ccccc1. The van der Waals surface area contributed by atoms with E-state index < -0.39 is 11.6 Å². The third-order valence-corrected chi connectivity index (χ3v) is 5.35. The second-order valence-electron chi connectivity index (χ2n) is 6.09. The topological polar surface area (TPSA) is 59.4 Å². The van der Waals surface area contributed by atoms with Crippen LogP contribution >= 0.6 is 11.3 Å². The van der Waals surface area contributed by atoms with Crippen molar-refractivity contribution in [2.75, 3.05) is 0 Å². The highest BCUT2D eigenvalue weighted by molar-refractivity contribution is 7.18. The Morgan fingerprint density at radius 3 is 2.04 bits per heavy atom. The van der Waals surface area contributed by atoms with Gasteiger partial charge in [0.15, 0.2) is 0 Å². The Labute approximate surface area is 160 Å². The molecule has 3 aromatic carbocycles. The molecule has 4 nitrogen and oxygen atoms in total. The van der Waals surface area contributed by atoms with Crippen molar-refractivity contribution in [3.05, 3.63) is 101 Å². The number of ether oxygens (including phenoxy) is 1. The van der Waals surface area contributed by atoms with Crippen molar-refractivity contribution in [3.8, 4) is 0 Å². The Morgan fingerprint density at radius 1 is 0.889 bits per heavy atom. The summed E-state index contributed by atoms with van der Waals surface area (Å²) in [5.41, 5.74) is -0.0786. The van der Waals surface area contributed by atoms with Gasteiger partial charge in [-0.25, -0.2) is 9.78 Å². The maximum Gasteiger partial charge on any atom is 0.348 e. The average molecular weight is 375 g/mol. The van der Waals surface area contributed by atoms with Gasteiger partial charge in [0.1, 0.15) is 11.6 Å². The molecule has 27 heavy (non-hydrogen) atoms. The summed E-state index contributed by atoms with van der Waals surface area (Å²) in [5.74, 6) is -0.723. The number of carbonyl (C=O) groups is 1. The number of aromatic nitrogens is 1. The van der Waals surface area contributed by atoms with Crippen LogP contribution in [-0.2, 0) is 21.7 Å². The molecule has 134 valence electrons. The van der Waals surface area contributed by atoms with Crippen molar-refractivity contribution in [1.29, 1.82) is 0 Å². The number of hydrogen-bond acceptors (Lipinski definition) is 5. The monoisotopic (exact) mass is 375 g/mol. The Bertz CT molecular complexity index is 988. The number of thiazole rings is 1. The lowest BCUT2D eigenvalue weighted by Gasteiger charge is -2.26.